The second-order valence-electron chi connectivity index (χ2n) is 8.57. The first-order chi connectivity index (χ1) is 17.1. The number of anilines is 3. The molecule has 0 saturated carbocycles. The van der Waals surface area contributed by atoms with E-state index in [2.05, 4.69) is 20.3 Å². The molecule has 5 rings (SSSR count). The maximum Gasteiger partial charge on any atom is 0.272 e. The number of hydrogen-bond donors (Lipinski definition) is 2. The Balaban J connectivity index is 1.23. The quantitative estimate of drug-likeness (QED) is 0.495. The minimum Gasteiger partial charge on any atom is -0.488 e. The van der Waals surface area contributed by atoms with E-state index < -0.39 is 0 Å². The van der Waals surface area contributed by atoms with Gasteiger partial charge in [0.05, 0.1) is 42.6 Å². The van der Waals surface area contributed by atoms with Crippen LogP contribution < -0.4 is 15.8 Å². The Bertz CT molecular complexity index is 1180. The van der Waals surface area contributed by atoms with Crippen LogP contribution >= 0.6 is 0 Å². The van der Waals surface area contributed by atoms with Crippen LogP contribution in [0.1, 0.15) is 23.3 Å². The summed E-state index contributed by atoms with van der Waals surface area (Å²) in [6, 6.07) is 11.0. The molecular weight excluding hydrogens is 448 g/mol. The van der Waals surface area contributed by atoms with Gasteiger partial charge in [-0.15, -0.1) is 0 Å². The molecule has 2 fully saturated rings. The van der Waals surface area contributed by atoms with Gasteiger partial charge in [0, 0.05) is 44.8 Å². The molecule has 3 N–H and O–H groups in total. The lowest BCUT2D eigenvalue weighted by Gasteiger charge is -2.37. The number of methoxy groups -OCH3 is 1. The van der Waals surface area contributed by atoms with Gasteiger partial charge in [0.2, 0.25) is 5.95 Å². The normalized spacial score (nSPS) is 16.5. The third-order valence-corrected chi connectivity index (χ3v) is 6.13. The van der Waals surface area contributed by atoms with Crippen LogP contribution in [-0.4, -0.2) is 71.4 Å². The maximum absolute atomic E-state index is 12.5. The van der Waals surface area contributed by atoms with Crippen molar-refractivity contribution in [2.45, 2.75) is 25.0 Å². The topological polar surface area (TPSA) is 125 Å². The van der Waals surface area contributed by atoms with E-state index >= 15 is 0 Å². The second-order valence-corrected chi connectivity index (χ2v) is 8.57. The van der Waals surface area contributed by atoms with Crippen LogP contribution in [0.4, 0.5) is 17.3 Å². The highest BCUT2D eigenvalue weighted by Crippen LogP contribution is 2.30. The highest BCUT2D eigenvalue weighted by molar-refractivity contribution is 5.93. The molecule has 0 atom stereocenters. The van der Waals surface area contributed by atoms with Crippen molar-refractivity contribution in [3.8, 4) is 17.0 Å². The zero-order valence-electron chi connectivity index (χ0n) is 19.5. The Labute approximate surface area is 203 Å². The van der Waals surface area contributed by atoms with Gasteiger partial charge in [-0.25, -0.2) is 15.0 Å². The minimum atomic E-state index is -0.107. The van der Waals surface area contributed by atoms with Crippen molar-refractivity contribution in [2.75, 3.05) is 44.5 Å². The number of amides is 1. The van der Waals surface area contributed by atoms with E-state index in [0.717, 1.165) is 24.1 Å². The molecule has 2 aliphatic heterocycles. The summed E-state index contributed by atoms with van der Waals surface area (Å²) in [6.07, 6.45) is 5.22. The average Bonchev–Trinajstić information content (AvgIpc) is 2.86. The zero-order valence-corrected chi connectivity index (χ0v) is 19.5. The molecule has 2 aromatic heterocycles. The van der Waals surface area contributed by atoms with E-state index in [4.69, 9.17) is 19.9 Å². The molecule has 2 aliphatic rings. The molecular formula is C25H28N6O4. The fourth-order valence-electron chi connectivity index (χ4n) is 4.01. The van der Waals surface area contributed by atoms with Crippen LogP contribution in [0.25, 0.3) is 11.3 Å². The molecule has 1 amide bonds. The Morgan fingerprint density at radius 3 is 2.66 bits per heavy atom. The number of carbonyl (C=O) groups is 1. The predicted molar refractivity (Wildman–Crippen MR) is 131 cm³/mol. The fourth-order valence-corrected chi connectivity index (χ4v) is 4.01. The van der Waals surface area contributed by atoms with Gasteiger partial charge < -0.3 is 30.2 Å². The number of aromatic nitrogens is 3. The van der Waals surface area contributed by atoms with Crippen molar-refractivity contribution in [1.29, 1.82) is 0 Å². The molecule has 4 heterocycles. The van der Waals surface area contributed by atoms with Crippen LogP contribution in [0.3, 0.4) is 0 Å². The molecule has 2 saturated heterocycles. The van der Waals surface area contributed by atoms with E-state index in [9.17, 15) is 4.79 Å². The summed E-state index contributed by atoms with van der Waals surface area (Å²) in [7, 11) is 1.65. The van der Waals surface area contributed by atoms with E-state index in [1.807, 2.05) is 24.3 Å². The molecule has 182 valence electrons. The molecule has 10 nitrogen and oxygen atoms in total. The van der Waals surface area contributed by atoms with E-state index in [1.165, 1.54) is 0 Å². The molecule has 10 heteroatoms. The molecule has 0 radical (unpaired) electrons. The van der Waals surface area contributed by atoms with Gasteiger partial charge >= 0.3 is 0 Å². The monoisotopic (exact) mass is 476 g/mol. The number of pyridine rings is 1. The number of benzene rings is 1. The molecule has 3 aromatic rings. The van der Waals surface area contributed by atoms with Crippen LogP contribution in [0.5, 0.6) is 5.75 Å². The number of rotatable bonds is 7. The number of nitrogens with zero attached hydrogens (tertiary/aromatic N) is 4. The van der Waals surface area contributed by atoms with E-state index in [0.29, 0.717) is 55.1 Å². The van der Waals surface area contributed by atoms with Crippen molar-refractivity contribution in [3.05, 3.63) is 54.5 Å². The van der Waals surface area contributed by atoms with E-state index in [1.54, 1.807) is 36.5 Å². The molecule has 0 spiro atoms. The summed E-state index contributed by atoms with van der Waals surface area (Å²) in [5.74, 6) is 0.977. The Kier molecular flexibility index (Phi) is 6.73. The van der Waals surface area contributed by atoms with Gasteiger partial charge in [0.25, 0.3) is 5.91 Å². The minimum absolute atomic E-state index is 0.107. The van der Waals surface area contributed by atoms with Gasteiger partial charge in [-0.2, -0.15) is 0 Å². The number of ether oxygens (including phenoxy) is 3. The van der Waals surface area contributed by atoms with Crippen LogP contribution in [-0.2, 0) is 9.47 Å². The number of hydrogen-bond acceptors (Lipinski definition) is 9. The molecule has 1 aromatic carbocycles. The van der Waals surface area contributed by atoms with Crippen molar-refractivity contribution in [2.24, 2.45) is 0 Å². The second kappa shape index (κ2) is 10.2. The Morgan fingerprint density at radius 1 is 1.11 bits per heavy atom. The lowest BCUT2D eigenvalue weighted by molar-refractivity contribution is -0.0194. The largest absolute Gasteiger partial charge is 0.488 e. The summed E-state index contributed by atoms with van der Waals surface area (Å²) >= 11 is 0. The van der Waals surface area contributed by atoms with Crippen molar-refractivity contribution >= 4 is 23.2 Å². The highest BCUT2D eigenvalue weighted by atomic mass is 16.5. The molecule has 0 aliphatic carbocycles. The SMILES string of the molecule is COC1CN(C(=O)c2ccc(Nc3nccc(-c4ccc(OC5CCOCC5)c(N)c4)n3)cn2)C1. The van der Waals surface area contributed by atoms with Crippen LogP contribution in [0.2, 0.25) is 0 Å². The summed E-state index contributed by atoms with van der Waals surface area (Å²) < 4.78 is 16.7. The lowest BCUT2D eigenvalue weighted by Crippen LogP contribution is -2.54. The molecule has 35 heavy (non-hydrogen) atoms. The third-order valence-electron chi connectivity index (χ3n) is 6.13. The highest BCUT2D eigenvalue weighted by Gasteiger charge is 2.31. The number of nitrogen functional groups attached to an aromatic ring is 1. The smallest absolute Gasteiger partial charge is 0.272 e. The fraction of sp³-hybridized carbons (Fsp3) is 0.360. The third kappa shape index (κ3) is 5.33. The first-order valence-electron chi connectivity index (χ1n) is 11.6. The number of carbonyl (C=O) groups excluding carboxylic acids is 1. The molecule has 0 unspecified atom stereocenters. The predicted octanol–water partition coefficient (Wildman–Crippen LogP) is 2.89. The van der Waals surface area contributed by atoms with Gasteiger partial charge in [0.15, 0.2) is 0 Å². The van der Waals surface area contributed by atoms with Crippen molar-refractivity contribution < 1.29 is 19.0 Å². The lowest BCUT2D eigenvalue weighted by atomic mass is 10.1. The van der Waals surface area contributed by atoms with Gasteiger partial charge in [-0.05, 0) is 36.4 Å². The summed E-state index contributed by atoms with van der Waals surface area (Å²) in [6.45, 7) is 2.60. The molecule has 0 bridgehead atoms. The van der Waals surface area contributed by atoms with Crippen molar-refractivity contribution in [1.82, 2.24) is 19.9 Å². The first-order valence-corrected chi connectivity index (χ1v) is 11.6. The zero-order chi connectivity index (χ0) is 24.2. The number of likely N-dealkylation sites (tertiary alicyclic amines) is 1. The summed E-state index contributed by atoms with van der Waals surface area (Å²) in [4.78, 5) is 27.4. The van der Waals surface area contributed by atoms with E-state index in [-0.39, 0.29) is 18.1 Å². The summed E-state index contributed by atoms with van der Waals surface area (Å²) in [5.41, 5.74) is 9.47. The van der Waals surface area contributed by atoms with Crippen LogP contribution in [0, 0.1) is 0 Å². The number of nitrogens with two attached hydrogens (primary N) is 1. The maximum atomic E-state index is 12.5. The van der Waals surface area contributed by atoms with Gasteiger partial charge in [-0.1, -0.05) is 0 Å². The standard InChI is InChI=1S/C25H28N6O4/c1-33-19-14-31(15-19)24(32)22-4-3-17(13-28-22)29-25-27-9-6-21(30-25)16-2-5-23(20(26)12-16)35-18-7-10-34-11-8-18/h2-6,9,12-13,18-19H,7-8,10-11,14-15,26H2,1H3,(H,27,29,30). The van der Waals surface area contributed by atoms with Gasteiger partial charge in [-0.3, -0.25) is 4.79 Å². The number of nitrogens with one attached hydrogen (secondary N) is 1. The van der Waals surface area contributed by atoms with Crippen LogP contribution in [0.15, 0.2) is 48.8 Å². The Morgan fingerprint density at radius 2 is 1.94 bits per heavy atom. The summed E-state index contributed by atoms with van der Waals surface area (Å²) in [5, 5.41) is 3.14. The average molecular weight is 477 g/mol. The Hall–Kier alpha value is -3.76. The van der Waals surface area contributed by atoms with Gasteiger partial charge in [0.1, 0.15) is 17.5 Å². The first kappa shape index (κ1) is 23.0. The van der Waals surface area contributed by atoms with Crippen molar-refractivity contribution in [3.63, 3.8) is 0 Å².